The van der Waals surface area contributed by atoms with Crippen LogP contribution in [-0.2, 0) is 4.79 Å². The van der Waals surface area contributed by atoms with Crippen LogP contribution in [0.3, 0.4) is 0 Å². The van der Waals surface area contributed by atoms with Gasteiger partial charge in [0.1, 0.15) is 26.2 Å². The number of nitrogens with one attached hydrogen (secondary N) is 3. The second-order valence-electron chi connectivity index (χ2n) is 8.41. The van der Waals surface area contributed by atoms with Crippen LogP contribution in [-0.4, -0.2) is 44.7 Å². The number of hydrogen-bond acceptors (Lipinski definition) is 1. The largest absolute Gasteiger partial charge is 0.322 e. The van der Waals surface area contributed by atoms with Gasteiger partial charge in [0.15, 0.2) is 6.04 Å². The van der Waals surface area contributed by atoms with Gasteiger partial charge in [-0.15, -0.1) is 0 Å². The predicted octanol–water partition coefficient (Wildman–Crippen LogP) is 1.63. The Kier molecular flexibility index (Phi) is 7.62. The molecule has 1 heterocycles. The summed E-state index contributed by atoms with van der Waals surface area (Å²) in [5.41, 5.74) is 3.44. The number of anilines is 1. The Balaban J connectivity index is 1.43. The van der Waals surface area contributed by atoms with Gasteiger partial charge in [0.25, 0.3) is 5.91 Å². The molecule has 154 valence electrons. The van der Waals surface area contributed by atoms with Gasteiger partial charge in [0.2, 0.25) is 0 Å². The monoisotopic (exact) mass is 393 g/mol. The summed E-state index contributed by atoms with van der Waals surface area (Å²) >= 11 is 0. The lowest BCUT2D eigenvalue weighted by molar-refractivity contribution is -1.02. The van der Waals surface area contributed by atoms with E-state index in [0.717, 1.165) is 38.4 Å². The molecule has 1 fully saturated rings. The van der Waals surface area contributed by atoms with Gasteiger partial charge in [-0.25, -0.2) is 0 Å². The molecule has 0 aliphatic carbocycles. The van der Waals surface area contributed by atoms with E-state index < -0.39 is 0 Å². The zero-order chi connectivity index (χ0) is 20.6. The number of carbonyl (C=O) groups excluding carboxylic acids is 1. The number of quaternary nitrogens is 2. The fraction of sp³-hybridized carbons (Fsp3) is 0.400. The first-order valence-corrected chi connectivity index (χ1v) is 10.8. The number of hydrogen-bond donors (Lipinski definition) is 3. The first kappa shape index (κ1) is 21.3. The SMILES string of the molecule is CC(C)c1ccc(NC(=O)[C@@H](C)[NH+]2CC[NH+](C/C=C/c3ccccc3)CC2)cc1. The summed E-state index contributed by atoms with van der Waals surface area (Å²) in [6.07, 6.45) is 4.47. The Morgan fingerprint density at radius 2 is 1.62 bits per heavy atom. The molecule has 3 N–H and O–H groups in total. The Morgan fingerprint density at radius 3 is 2.24 bits per heavy atom. The maximum absolute atomic E-state index is 12.7. The minimum absolute atomic E-state index is 0.0267. The summed E-state index contributed by atoms with van der Waals surface area (Å²) in [7, 11) is 0. The average molecular weight is 394 g/mol. The van der Waals surface area contributed by atoms with Gasteiger partial charge in [-0.3, -0.25) is 4.79 Å². The van der Waals surface area contributed by atoms with E-state index >= 15 is 0 Å². The van der Waals surface area contributed by atoms with Crippen LogP contribution in [0.25, 0.3) is 6.08 Å². The lowest BCUT2D eigenvalue weighted by Crippen LogP contribution is -3.29. The predicted molar refractivity (Wildman–Crippen MR) is 120 cm³/mol. The number of piperazine rings is 1. The summed E-state index contributed by atoms with van der Waals surface area (Å²) in [5.74, 6) is 0.620. The van der Waals surface area contributed by atoms with Crippen LogP contribution in [0.2, 0.25) is 0 Å². The standard InChI is InChI=1S/C25H33N3O/c1-20(2)23-11-13-24(14-12-23)26-25(29)21(3)28-18-16-27(17-19-28)15-7-10-22-8-5-4-6-9-22/h4-14,20-21H,15-19H2,1-3H3,(H,26,29)/p+2/b10-7+/t21-/m1/s1. The zero-order valence-corrected chi connectivity index (χ0v) is 17.9. The molecule has 2 aromatic carbocycles. The molecule has 1 atom stereocenters. The number of amides is 1. The molecule has 3 rings (SSSR count). The van der Waals surface area contributed by atoms with Gasteiger partial charge in [0, 0.05) is 5.69 Å². The summed E-state index contributed by atoms with van der Waals surface area (Å²) in [6.45, 7) is 11.7. The Labute approximate surface area is 175 Å². The highest BCUT2D eigenvalue weighted by atomic mass is 16.2. The maximum atomic E-state index is 12.7. The van der Waals surface area contributed by atoms with E-state index in [1.54, 1.807) is 4.90 Å². The maximum Gasteiger partial charge on any atom is 0.282 e. The molecular formula is C25H35N3O+2. The minimum atomic E-state index is -0.0267. The van der Waals surface area contributed by atoms with Crippen molar-refractivity contribution in [3.63, 3.8) is 0 Å². The molecule has 2 aromatic rings. The molecule has 1 aliphatic rings. The highest BCUT2D eigenvalue weighted by Crippen LogP contribution is 2.17. The average Bonchev–Trinajstić information content (AvgIpc) is 2.75. The normalized spacial score (nSPS) is 20.7. The van der Waals surface area contributed by atoms with E-state index in [2.05, 4.69) is 67.7 Å². The molecule has 29 heavy (non-hydrogen) atoms. The van der Waals surface area contributed by atoms with Crippen LogP contribution in [0, 0.1) is 0 Å². The summed E-state index contributed by atoms with van der Waals surface area (Å²) in [6, 6.07) is 18.6. The molecule has 0 bridgehead atoms. The van der Waals surface area contributed by atoms with Crippen molar-refractivity contribution in [3.8, 4) is 0 Å². The molecule has 0 aromatic heterocycles. The van der Waals surface area contributed by atoms with Crippen LogP contribution < -0.4 is 15.1 Å². The Hall–Kier alpha value is -2.43. The second kappa shape index (κ2) is 10.4. The minimum Gasteiger partial charge on any atom is -0.322 e. The van der Waals surface area contributed by atoms with Crippen LogP contribution >= 0.6 is 0 Å². The van der Waals surface area contributed by atoms with Crippen molar-refractivity contribution >= 4 is 17.7 Å². The summed E-state index contributed by atoms with van der Waals surface area (Å²) in [4.78, 5) is 15.7. The lowest BCUT2D eigenvalue weighted by atomic mass is 10.0. The van der Waals surface area contributed by atoms with E-state index in [1.807, 2.05) is 25.1 Å². The van der Waals surface area contributed by atoms with Crippen molar-refractivity contribution in [2.24, 2.45) is 0 Å². The third-order valence-corrected chi connectivity index (χ3v) is 5.97. The molecule has 4 nitrogen and oxygen atoms in total. The van der Waals surface area contributed by atoms with Crippen molar-refractivity contribution in [1.82, 2.24) is 0 Å². The van der Waals surface area contributed by atoms with Crippen molar-refractivity contribution in [1.29, 1.82) is 0 Å². The highest BCUT2D eigenvalue weighted by Gasteiger charge is 2.30. The van der Waals surface area contributed by atoms with Crippen molar-refractivity contribution in [2.75, 3.05) is 38.0 Å². The molecule has 0 spiro atoms. The topological polar surface area (TPSA) is 38.0 Å². The lowest BCUT2D eigenvalue weighted by Gasteiger charge is -2.32. The van der Waals surface area contributed by atoms with E-state index in [9.17, 15) is 4.79 Å². The summed E-state index contributed by atoms with van der Waals surface area (Å²) in [5, 5.41) is 3.09. The smallest absolute Gasteiger partial charge is 0.282 e. The van der Waals surface area contributed by atoms with E-state index in [1.165, 1.54) is 16.0 Å². The van der Waals surface area contributed by atoms with Crippen molar-refractivity contribution in [3.05, 3.63) is 71.8 Å². The van der Waals surface area contributed by atoms with Gasteiger partial charge in [-0.1, -0.05) is 62.4 Å². The molecule has 1 amide bonds. The van der Waals surface area contributed by atoms with Crippen LogP contribution in [0.5, 0.6) is 0 Å². The molecule has 1 saturated heterocycles. The molecule has 0 radical (unpaired) electrons. The van der Waals surface area contributed by atoms with Gasteiger partial charge in [-0.05, 0) is 42.2 Å². The molecule has 0 unspecified atom stereocenters. The van der Waals surface area contributed by atoms with E-state index in [4.69, 9.17) is 0 Å². The quantitative estimate of drug-likeness (QED) is 0.657. The Bertz CT molecular complexity index is 791. The molecule has 4 heteroatoms. The van der Waals surface area contributed by atoms with Crippen molar-refractivity contribution < 1.29 is 14.6 Å². The van der Waals surface area contributed by atoms with Crippen LogP contribution in [0.1, 0.15) is 37.8 Å². The van der Waals surface area contributed by atoms with E-state index in [0.29, 0.717) is 5.92 Å². The van der Waals surface area contributed by atoms with Crippen molar-refractivity contribution in [2.45, 2.75) is 32.7 Å². The zero-order valence-electron chi connectivity index (χ0n) is 17.9. The first-order valence-electron chi connectivity index (χ1n) is 10.8. The molecular weight excluding hydrogens is 358 g/mol. The fourth-order valence-corrected chi connectivity index (χ4v) is 3.87. The van der Waals surface area contributed by atoms with Crippen LogP contribution in [0.15, 0.2) is 60.7 Å². The highest BCUT2D eigenvalue weighted by molar-refractivity contribution is 5.93. The Morgan fingerprint density at radius 1 is 0.966 bits per heavy atom. The third-order valence-electron chi connectivity index (χ3n) is 5.97. The first-order chi connectivity index (χ1) is 14.0. The van der Waals surface area contributed by atoms with Gasteiger partial charge in [0.05, 0.1) is 6.54 Å². The van der Waals surface area contributed by atoms with Crippen LogP contribution in [0.4, 0.5) is 5.69 Å². The van der Waals surface area contributed by atoms with Gasteiger partial charge >= 0.3 is 0 Å². The number of benzene rings is 2. The molecule has 0 saturated carbocycles. The van der Waals surface area contributed by atoms with Gasteiger partial charge < -0.3 is 15.1 Å². The fourth-order valence-electron chi connectivity index (χ4n) is 3.87. The van der Waals surface area contributed by atoms with Gasteiger partial charge in [-0.2, -0.15) is 0 Å². The van der Waals surface area contributed by atoms with E-state index in [-0.39, 0.29) is 11.9 Å². The second-order valence-corrected chi connectivity index (χ2v) is 8.41. The third kappa shape index (κ3) is 6.28. The summed E-state index contributed by atoms with van der Waals surface area (Å²) < 4.78 is 0. The molecule has 1 aliphatic heterocycles. The number of rotatable bonds is 7. The number of carbonyl (C=O) groups is 1.